The van der Waals surface area contributed by atoms with Gasteiger partial charge in [-0.3, -0.25) is 10.1 Å². The van der Waals surface area contributed by atoms with E-state index >= 15 is 0 Å². The zero-order valence-electron chi connectivity index (χ0n) is 9.95. The number of nitro benzene ring substituents is 1. The molecular formula is C11H13NO6. The van der Waals surface area contributed by atoms with Crippen LogP contribution >= 0.6 is 0 Å². The van der Waals surface area contributed by atoms with Crippen molar-refractivity contribution in [1.29, 1.82) is 0 Å². The minimum Gasteiger partial charge on any atom is -0.478 e. The quantitative estimate of drug-likeness (QED) is 0.474. The lowest BCUT2D eigenvalue weighted by Gasteiger charge is -2.15. The summed E-state index contributed by atoms with van der Waals surface area (Å²) in [6.45, 7) is 3.79. The monoisotopic (exact) mass is 255 g/mol. The number of rotatable bonds is 6. The molecule has 1 N–H and O–H groups in total. The van der Waals surface area contributed by atoms with E-state index in [2.05, 4.69) is 0 Å². The van der Waals surface area contributed by atoms with Crippen LogP contribution in [0.25, 0.3) is 0 Å². The van der Waals surface area contributed by atoms with Gasteiger partial charge < -0.3 is 14.6 Å². The second-order valence-corrected chi connectivity index (χ2v) is 3.38. The molecule has 1 rings (SSSR count). The topological polar surface area (TPSA) is 98.9 Å². The van der Waals surface area contributed by atoms with Crippen LogP contribution in [0.2, 0.25) is 0 Å². The first kappa shape index (κ1) is 13.9. The fourth-order valence-electron chi connectivity index (χ4n) is 1.35. The SMILES string of the molecule is CCOC(C)Oc1ccc([N+](=O)[O-])cc1C(=O)O. The molecule has 0 saturated heterocycles. The molecule has 98 valence electrons. The third-order valence-corrected chi connectivity index (χ3v) is 2.10. The Morgan fingerprint density at radius 1 is 1.56 bits per heavy atom. The number of nitrogens with zero attached hydrogens (tertiary/aromatic N) is 1. The molecule has 0 aliphatic carbocycles. The van der Waals surface area contributed by atoms with Gasteiger partial charge in [-0.25, -0.2) is 4.79 Å². The summed E-state index contributed by atoms with van der Waals surface area (Å²) in [5, 5.41) is 19.5. The lowest BCUT2D eigenvalue weighted by Crippen LogP contribution is -2.17. The number of non-ortho nitro benzene ring substituents is 1. The van der Waals surface area contributed by atoms with E-state index in [1.807, 2.05) is 0 Å². The second kappa shape index (κ2) is 5.97. The molecule has 0 fully saturated rings. The third-order valence-electron chi connectivity index (χ3n) is 2.10. The maximum atomic E-state index is 11.0. The molecule has 0 aliphatic rings. The van der Waals surface area contributed by atoms with Crippen molar-refractivity contribution in [3.8, 4) is 5.75 Å². The molecule has 0 aliphatic heterocycles. The van der Waals surface area contributed by atoms with Crippen molar-refractivity contribution in [2.75, 3.05) is 6.61 Å². The Hall–Kier alpha value is -2.15. The van der Waals surface area contributed by atoms with E-state index in [9.17, 15) is 14.9 Å². The molecule has 0 aromatic heterocycles. The maximum absolute atomic E-state index is 11.0. The van der Waals surface area contributed by atoms with Crippen LogP contribution in [0.3, 0.4) is 0 Å². The molecule has 0 bridgehead atoms. The first-order chi connectivity index (χ1) is 8.45. The highest BCUT2D eigenvalue weighted by Crippen LogP contribution is 2.25. The van der Waals surface area contributed by atoms with Gasteiger partial charge in [0.1, 0.15) is 11.3 Å². The van der Waals surface area contributed by atoms with Crippen LogP contribution in [0.1, 0.15) is 24.2 Å². The van der Waals surface area contributed by atoms with Gasteiger partial charge in [-0.2, -0.15) is 0 Å². The van der Waals surface area contributed by atoms with Crippen molar-refractivity contribution in [2.24, 2.45) is 0 Å². The van der Waals surface area contributed by atoms with E-state index in [1.165, 1.54) is 12.1 Å². The molecule has 18 heavy (non-hydrogen) atoms. The van der Waals surface area contributed by atoms with E-state index in [4.69, 9.17) is 14.6 Å². The summed E-state index contributed by atoms with van der Waals surface area (Å²) in [7, 11) is 0. The van der Waals surface area contributed by atoms with Gasteiger partial charge in [0.15, 0.2) is 6.29 Å². The fraction of sp³-hybridized carbons (Fsp3) is 0.364. The normalized spacial score (nSPS) is 11.9. The maximum Gasteiger partial charge on any atom is 0.339 e. The Kier molecular flexibility index (Phi) is 4.61. The fourth-order valence-corrected chi connectivity index (χ4v) is 1.35. The first-order valence-corrected chi connectivity index (χ1v) is 5.25. The van der Waals surface area contributed by atoms with Gasteiger partial charge in [0, 0.05) is 18.7 Å². The van der Waals surface area contributed by atoms with Crippen molar-refractivity contribution in [3.05, 3.63) is 33.9 Å². The predicted molar refractivity (Wildman–Crippen MR) is 61.8 cm³/mol. The summed E-state index contributed by atoms with van der Waals surface area (Å²) in [6.07, 6.45) is -0.630. The van der Waals surface area contributed by atoms with Gasteiger partial charge in [-0.1, -0.05) is 0 Å². The molecule has 0 saturated carbocycles. The number of nitro groups is 1. The smallest absolute Gasteiger partial charge is 0.339 e. The highest BCUT2D eigenvalue weighted by Gasteiger charge is 2.18. The molecule has 1 unspecified atom stereocenters. The molecule has 0 heterocycles. The Bertz CT molecular complexity index is 459. The summed E-state index contributed by atoms with van der Waals surface area (Å²) < 4.78 is 10.4. The molecule has 1 atom stereocenters. The van der Waals surface area contributed by atoms with Gasteiger partial charge in [0.05, 0.1) is 4.92 Å². The largest absolute Gasteiger partial charge is 0.478 e. The predicted octanol–water partition coefficient (Wildman–Crippen LogP) is 2.05. The van der Waals surface area contributed by atoms with Crippen LogP contribution in [0.15, 0.2) is 18.2 Å². The molecule has 0 spiro atoms. The number of carboxylic acid groups (broad SMARTS) is 1. The number of carboxylic acids is 1. The number of benzene rings is 1. The molecule has 1 aromatic rings. The Balaban J connectivity index is 3.04. The van der Waals surface area contributed by atoms with E-state index in [-0.39, 0.29) is 17.0 Å². The lowest BCUT2D eigenvalue weighted by atomic mass is 10.2. The number of ether oxygens (including phenoxy) is 2. The minimum absolute atomic E-state index is 0.0362. The number of hydrogen-bond acceptors (Lipinski definition) is 5. The highest BCUT2D eigenvalue weighted by molar-refractivity contribution is 5.91. The van der Waals surface area contributed by atoms with Gasteiger partial charge >= 0.3 is 5.97 Å². The zero-order valence-corrected chi connectivity index (χ0v) is 9.95. The lowest BCUT2D eigenvalue weighted by molar-refractivity contribution is -0.384. The summed E-state index contributed by atoms with van der Waals surface area (Å²) in [4.78, 5) is 20.9. The van der Waals surface area contributed by atoms with Gasteiger partial charge in [-0.15, -0.1) is 0 Å². The Morgan fingerprint density at radius 2 is 2.22 bits per heavy atom. The van der Waals surface area contributed by atoms with E-state index in [0.29, 0.717) is 6.61 Å². The van der Waals surface area contributed by atoms with Gasteiger partial charge in [-0.05, 0) is 19.9 Å². The Morgan fingerprint density at radius 3 is 2.72 bits per heavy atom. The second-order valence-electron chi connectivity index (χ2n) is 3.38. The van der Waals surface area contributed by atoms with Crippen molar-refractivity contribution in [1.82, 2.24) is 0 Å². The number of hydrogen-bond donors (Lipinski definition) is 1. The van der Waals surface area contributed by atoms with Crippen molar-refractivity contribution >= 4 is 11.7 Å². The standard InChI is InChI=1S/C11H13NO6/c1-3-17-7(2)18-10-5-4-8(12(15)16)6-9(10)11(13)14/h4-7H,3H2,1-2H3,(H,13,14). The number of carbonyl (C=O) groups is 1. The molecule has 0 amide bonds. The number of aromatic carboxylic acids is 1. The molecule has 0 radical (unpaired) electrons. The average molecular weight is 255 g/mol. The molecule has 1 aromatic carbocycles. The summed E-state index contributed by atoms with van der Waals surface area (Å²) in [5.41, 5.74) is -0.570. The average Bonchev–Trinajstić information content (AvgIpc) is 2.29. The summed E-state index contributed by atoms with van der Waals surface area (Å²) in [6, 6.07) is 3.38. The van der Waals surface area contributed by atoms with Crippen molar-refractivity contribution < 1.29 is 24.3 Å². The van der Waals surface area contributed by atoms with E-state index in [0.717, 1.165) is 6.07 Å². The van der Waals surface area contributed by atoms with Crippen molar-refractivity contribution in [3.63, 3.8) is 0 Å². The van der Waals surface area contributed by atoms with Gasteiger partial charge in [0.2, 0.25) is 0 Å². The van der Waals surface area contributed by atoms with Crippen LogP contribution < -0.4 is 4.74 Å². The first-order valence-electron chi connectivity index (χ1n) is 5.25. The highest BCUT2D eigenvalue weighted by atomic mass is 16.7. The van der Waals surface area contributed by atoms with Crippen LogP contribution in [-0.4, -0.2) is 28.9 Å². The summed E-state index contributed by atoms with van der Waals surface area (Å²) >= 11 is 0. The Labute approximate surface area is 103 Å². The third kappa shape index (κ3) is 3.42. The van der Waals surface area contributed by atoms with Crippen LogP contribution in [0.4, 0.5) is 5.69 Å². The van der Waals surface area contributed by atoms with E-state index in [1.54, 1.807) is 13.8 Å². The summed E-state index contributed by atoms with van der Waals surface area (Å²) in [5.74, 6) is -1.26. The van der Waals surface area contributed by atoms with Crippen LogP contribution in [0.5, 0.6) is 5.75 Å². The molecule has 7 heteroatoms. The molecular weight excluding hydrogens is 242 g/mol. The van der Waals surface area contributed by atoms with Crippen LogP contribution in [0, 0.1) is 10.1 Å². The zero-order chi connectivity index (χ0) is 13.7. The molecule has 7 nitrogen and oxygen atoms in total. The van der Waals surface area contributed by atoms with Crippen LogP contribution in [-0.2, 0) is 4.74 Å². The minimum atomic E-state index is -1.29. The van der Waals surface area contributed by atoms with E-state index < -0.39 is 17.2 Å². The van der Waals surface area contributed by atoms with Crippen molar-refractivity contribution in [2.45, 2.75) is 20.1 Å². The van der Waals surface area contributed by atoms with Gasteiger partial charge in [0.25, 0.3) is 5.69 Å².